The van der Waals surface area contributed by atoms with Gasteiger partial charge in [0.15, 0.2) is 0 Å². The van der Waals surface area contributed by atoms with Crippen LogP contribution in [0.4, 0.5) is 13.2 Å². The van der Waals surface area contributed by atoms with E-state index in [9.17, 15) is 22.8 Å². The number of amides is 1. The minimum atomic E-state index is -4.55. The molecule has 0 saturated heterocycles. The summed E-state index contributed by atoms with van der Waals surface area (Å²) in [5.41, 5.74) is 0.695. The van der Waals surface area contributed by atoms with E-state index in [1.54, 1.807) is 13.8 Å². The lowest BCUT2D eigenvalue weighted by molar-refractivity contribution is -0.156. The molecule has 0 aliphatic rings. The maximum absolute atomic E-state index is 12.3. The van der Waals surface area contributed by atoms with Crippen molar-refractivity contribution in [3.63, 3.8) is 0 Å². The van der Waals surface area contributed by atoms with Gasteiger partial charge in [-0.3, -0.25) is 14.5 Å². The molecule has 8 heteroatoms. The third-order valence-electron chi connectivity index (χ3n) is 2.32. The number of carbonyl (C=O) groups is 2. The number of hydrogen-bond donors (Lipinski definition) is 1. The van der Waals surface area contributed by atoms with E-state index in [0.29, 0.717) is 17.0 Å². The van der Waals surface area contributed by atoms with Crippen LogP contribution in [0.3, 0.4) is 0 Å². The molecule has 0 fully saturated rings. The van der Waals surface area contributed by atoms with Crippen LogP contribution in [0.15, 0.2) is 12.2 Å². The van der Waals surface area contributed by atoms with Crippen molar-refractivity contribution in [2.45, 2.75) is 20.0 Å². The summed E-state index contributed by atoms with van der Waals surface area (Å²) in [6, 6.07) is 0. The molecular weight excluding hydrogens is 277 g/mol. The number of hydrogen-bond acceptors (Lipinski definition) is 3. The van der Waals surface area contributed by atoms with E-state index >= 15 is 0 Å². The van der Waals surface area contributed by atoms with Gasteiger partial charge in [0.1, 0.15) is 0 Å². The Morgan fingerprint density at radius 1 is 1.20 bits per heavy atom. The highest BCUT2D eigenvalue weighted by Crippen LogP contribution is 2.16. The summed E-state index contributed by atoms with van der Waals surface area (Å²) in [6.07, 6.45) is -4.55. The van der Waals surface area contributed by atoms with Crippen molar-refractivity contribution in [2.75, 3.05) is 32.7 Å². The first-order chi connectivity index (χ1) is 9.05. The zero-order valence-corrected chi connectivity index (χ0v) is 11.5. The van der Waals surface area contributed by atoms with E-state index in [2.05, 4.69) is 6.58 Å². The number of carboxylic acid groups (broad SMARTS) is 1. The molecule has 0 saturated carbocycles. The van der Waals surface area contributed by atoms with Gasteiger partial charge in [-0.15, -0.1) is 0 Å². The Morgan fingerprint density at radius 3 is 2.10 bits per heavy atom. The molecule has 0 aromatic carbocycles. The molecular formula is C12H19F3N2O3. The maximum atomic E-state index is 12.3. The highest BCUT2D eigenvalue weighted by atomic mass is 19.4. The molecule has 0 spiro atoms. The van der Waals surface area contributed by atoms with Crippen LogP contribution in [-0.2, 0) is 9.59 Å². The molecule has 0 radical (unpaired) electrons. The molecule has 0 heterocycles. The number of halogens is 3. The van der Waals surface area contributed by atoms with Gasteiger partial charge in [-0.1, -0.05) is 12.2 Å². The number of carboxylic acids is 1. The van der Waals surface area contributed by atoms with Gasteiger partial charge >= 0.3 is 12.1 Å². The van der Waals surface area contributed by atoms with Gasteiger partial charge in [-0.2, -0.15) is 13.2 Å². The van der Waals surface area contributed by atoms with Crippen molar-refractivity contribution in [3.05, 3.63) is 12.2 Å². The minimum Gasteiger partial charge on any atom is -0.480 e. The molecule has 0 aliphatic carbocycles. The second-order valence-electron chi connectivity index (χ2n) is 4.52. The Balaban J connectivity index is 4.73. The first-order valence-corrected chi connectivity index (χ1v) is 5.98. The van der Waals surface area contributed by atoms with E-state index in [4.69, 9.17) is 5.11 Å². The van der Waals surface area contributed by atoms with Crippen molar-refractivity contribution in [1.82, 2.24) is 9.80 Å². The normalized spacial score (nSPS) is 11.5. The van der Waals surface area contributed by atoms with E-state index in [1.165, 1.54) is 4.90 Å². The average Bonchev–Trinajstić information content (AvgIpc) is 2.21. The minimum absolute atomic E-state index is 0.238. The lowest BCUT2D eigenvalue weighted by Gasteiger charge is -2.26. The molecule has 5 nitrogen and oxygen atoms in total. The third kappa shape index (κ3) is 8.52. The van der Waals surface area contributed by atoms with Crippen LogP contribution in [0.1, 0.15) is 13.8 Å². The van der Waals surface area contributed by atoms with Crippen molar-refractivity contribution < 1.29 is 27.9 Å². The molecule has 0 aliphatic heterocycles. The van der Waals surface area contributed by atoms with Gasteiger partial charge < -0.3 is 10.0 Å². The molecule has 0 bridgehead atoms. The van der Waals surface area contributed by atoms with Gasteiger partial charge in [0.05, 0.1) is 19.6 Å². The number of aliphatic carboxylic acids is 1. The zero-order chi connectivity index (χ0) is 15.9. The van der Waals surface area contributed by atoms with Crippen molar-refractivity contribution in [2.24, 2.45) is 0 Å². The molecule has 1 amide bonds. The van der Waals surface area contributed by atoms with Gasteiger partial charge in [-0.05, 0) is 13.8 Å². The summed E-state index contributed by atoms with van der Waals surface area (Å²) in [7, 11) is 0. The molecule has 1 N–H and O–H groups in total. The number of carbonyl (C=O) groups excluding carboxylic acids is 1. The maximum Gasteiger partial charge on any atom is 0.401 e. The number of nitrogens with zero attached hydrogens (tertiary/aromatic N) is 2. The van der Waals surface area contributed by atoms with Crippen LogP contribution >= 0.6 is 0 Å². The molecule has 116 valence electrons. The molecule has 0 unspecified atom stereocenters. The summed E-state index contributed by atoms with van der Waals surface area (Å²) >= 11 is 0. The lowest BCUT2D eigenvalue weighted by atomic mass is 10.3. The third-order valence-corrected chi connectivity index (χ3v) is 2.32. The topological polar surface area (TPSA) is 60.9 Å². The predicted octanol–water partition coefficient (Wildman–Crippen LogP) is 1.36. The van der Waals surface area contributed by atoms with Crippen molar-refractivity contribution in [3.8, 4) is 0 Å². The van der Waals surface area contributed by atoms with Crippen LogP contribution in [-0.4, -0.2) is 65.7 Å². The Labute approximate surface area is 115 Å². The van der Waals surface area contributed by atoms with E-state index in [-0.39, 0.29) is 6.54 Å². The summed E-state index contributed by atoms with van der Waals surface area (Å²) in [6.45, 7) is 4.71. The van der Waals surface area contributed by atoms with E-state index < -0.39 is 37.7 Å². The number of likely N-dealkylation sites (N-methyl/N-ethyl adjacent to an activating group) is 1. The number of alkyl halides is 3. The predicted molar refractivity (Wildman–Crippen MR) is 67.2 cm³/mol. The Morgan fingerprint density at radius 2 is 1.75 bits per heavy atom. The standard InChI is InChI=1S/C12H19F3N2O3/c1-4-17(5-9(2)3)10(18)6-16(7-11(19)20)8-12(13,14)15/h2,4-8H2,1,3H3,(H,19,20). The second-order valence-corrected chi connectivity index (χ2v) is 4.52. The van der Waals surface area contributed by atoms with Crippen molar-refractivity contribution in [1.29, 1.82) is 0 Å². The first-order valence-electron chi connectivity index (χ1n) is 5.98. The van der Waals surface area contributed by atoms with Crippen LogP contribution in [0.25, 0.3) is 0 Å². The highest BCUT2D eigenvalue weighted by Gasteiger charge is 2.32. The second kappa shape index (κ2) is 7.88. The quantitative estimate of drug-likeness (QED) is 0.687. The highest BCUT2D eigenvalue weighted by molar-refractivity contribution is 5.79. The first kappa shape index (κ1) is 18.4. The molecule has 0 rings (SSSR count). The van der Waals surface area contributed by atoms with Gasteiger partial charge in [-0.25, -0.2) is 0 Å². The molecule has 0 aromatic heterocycles. The fourth-order valence-corrected chi connectivity index (χ4v) is 1.61. The largest absolute Gasteiger partial charge is 0.480 e. The lowest BCUT2D eigenvalue weighted by Crippen LogP contribution is -2.45. The van der Waals surface area contributed by atoms with Gasteiger partial charge in [0.25, 0.3) is 0 Å². The molecule has 20 heavy (non-hydrogen) atoms. The van der Waals surface area contributed by atoms with E-state index in [0.717, 1.165) is 0 Å². The SMILES string of the molecule is C=C(C)CN(CC)C(=O)CN(CC(=O)O)CC(F)(F)F. The van der Waals surface area contributed by atoms with Gasteiger partial charge in [0, 0.05) is 13.1 Å². The smallest absolute Gasteiger partial charge is 0.401 e. The van der Waals surface area contributed by atoms with Crippen LogP contribution in [0.2, 0.25) is 0 Å². The Kier molecular flexibility index (Phi) is 7.26. The number of rotatable bonds is 8. The average molecular weight is 296 g/mol. The summed E-state index contributed by atoms with van der Waals surface area (Å²) in [5, 5.41) is 8.59. The van der Waals surface area contributed by atoms with Gasteiger partial charge in [0.2, 0.25) is 5.91 Å². The van der Waals surface area contributed by atoms with E-state index in [1.807, 2.05) is 0 Å². The molecule has 0 aromatic rings. The molecule has 0 atom stereocenters. The van der Waals surface area contributed by atoms with Crippen LogP contribution < -0.4 is 0 Å². The summed E-state index contributed by atoms with van der Waals surface area (Å²) in [4.78, 5) is 24.3. The van der Waals surface area contributed by atoms with Crippen molar-refractivity contribution >= 4 is 11.9 Å². The summed E-state index contributed by atoms with van der Waals surface area (Å²) in [5.74, 6) is -1.97. The zero-order valence-electron chi connectivity index (χ0n) is 11.5. The van der Waals surface area contributed by atoms with Crippen LogP contribution in [0.5, 0.6) is 0 Å². The Bertz CT molecular complexity index is 369. The van der Waals surface area contributed by atoms with Crippen LogP contribution in [0, 0.1) is 0 Å². The fraction of sp³-hybridized carbons (Fsp3) is 0.667. The summed E-state index contributed by atoms with van der Waals surface area (Å²) < 4.78 is 37.0. The monoisotopic (exact) mass is 296 g/mol. The Hall–Kier alpha value is -1.57. The fourth-order valence-electron chi connectivity index (χ4n) is 1.61.